The van der Waals surface area contributed by atoms with Crippen LogP contribution in [0.2, 0.25) is 0 Å². The molecule has 118 valence electrons. The summed E-state index contributed by atoms with van der Waals surface area (Å²) in [5, 5.41) is 16.4. The Balaban J connectivity index is 2.51. The maximum absolute atomic E-state index is 11.9. The summed E-state index contributed by atoms with van der Waals surface area (Å²) in [5.74, 6) is -0.843. The van der Waals surface area contributed by atoms with Gasteiger partial charge in [-0.1, -0.05) is 33.8 Å². The average molecular weight is 312 g/mol. The number of carboxylic acids is 1. The van der Waals surface area contributed by atoms with E-state index in [0.29, 0.717) is 6.54 Å². The van der Waals surface area contributed by atoms with Gasteiger partial charge in [0, 0.05) is 22.9 Å². The lowest BCUT2D eigenvalue weighted by Crippen LogP contribution is -2.48. The second-order valence-corrected chi connectivity index (χ2v) is 7.08. The monoisotopic (exact) mass is 312 g/mol. The van der Waals surface area contributed by atoms with E-state index in [0.717, 1.165) is 0 Å². The summed E-state index contributed by atoms with van der Waals surface area (Å²) >= 11 is 1.66. The van der Waals surface area contributed by atoms with Crippen molar-refractivity contribution in [3.05, 3.63) is 22.4 Å². The fourth-order valence-corrected chi connectivity index (χ4v) is 2.77. The molecule has 1 heterocycles. The van der Waals surface area contributed by atoms with Gasteiger partial charge in [-0.25, -0.2) is 4.79 Å². The Morgan fingerprint density at radius 2 is 2.05 bits per heavy atom. The minimum Gasteiger partial charge on any atom is -0.481 e. The van der Waals surface area contributed by atoms with Crippen LogP contribution in [-0.2, 0) is 10.2 Å². The molecule has 1 rings (SSSR count). The Bertz CT molecular complexity index is 469. The van der Waals surface area contributed by atoms with Gasteiger partial charge in [-0.3, -0.25) is 4.79 Å². The highest BCUT2D eigenvalue weighted by atomic mass is 32.1. The summed E-state index contributed by atoms with van der Waals surface area (Å²) < 4.78 is 0. The summed E-state index contributed by atoms with van der Waals surface area (Å²) in [4.78, 5) is 23.9. The highest BCUT2D eigenvalue weighted by Gasteiger charge is 2.24. The van der Waals surface area contributed by atoms with Crippen LogP contribution < -0.4 is 10.6 Å². The zero-order valence-corrected chi connectivity index (χ0v) is 13.8. The zero-order valence-electron chi connectivity index (χ0n) is 13.0. The van der Waals surface area contributed by atoms with E-state index in [2.05, 4.69) is 24.5 Å². The lowest BCUT2D eigenvalue weighted by molar-refractivity contribution is -0.137. The van der Waals surface area contributed by atoms with Crippen LogP contribution >= 0.6 is 11.3 Å². The standard InChI is InChI=1S/C15H24N2O3S/c1-10(2)11(8-13(18)19)17-14(20)16-9-15(3,4)12-6-5-7-21-12/h5-7,10-11H,8-9H2,1-4H3,(H,18,19)(H2,16,17,20). The van der Waals surface area contributed by atoms with Crippen molar-refractivity contribution in [2.45, 2.75) is 45.6 Å². The number of rotatable bonds is 7. The van der Waals surface area contributed by atoms with Gasteiger partial charge in [-0.2, -0.15) is 0 Å². The molecule has 0 spiro atoms. The molecule has 0 aromatic carbocycles. The van der Waals surface area contributed by atoms with Crippen molar-refractivity contribution < 1.29 is 14.7 Å². The fourth-order valence-electron chi connectivity index (χ4n) is 1.91. The quantitative estimate of drug-likeness (QED) is 0.724. The van der Waals surface area contributed by atoms with Gasteiger partial charge in [-0.05, 0) is 17.4 Å². The Morgan fingerprint density at radius 3 is 2.52 bits per heavy atom. The van der Waals surface area contributed by atoms with E-state index in [-0.39, 0.29) is 29.8 Å². The normalized spacial score (nSPS) is 13.0. The molecule has 1 aromatic heterocycles. The molecule has 3 N–H and O–H groups in total. The second-order valence-electron chi connectivity index (χ2n) is 6.14. The van der Waals surface area contributed by atoms with Crippen molar-refractivity contribution in [1.29, 1.82) is 0 Å². The first-order valence-corrected chi connectivity index (χ1v) is 7.90. The molecule has 0 aliphatic heterocycles. The van der Waals surface area contributed by atoms with Crippen molar-refractivity contribution in [2.24, 2.45) is 5.92 Å². The Morgan fingerprint density at radius 1 is 1.38 bits per heavy atom. The number of carboxylic acid groups (broad SMARTS) is 1. The molecule has 0 fully saturated rings. The van der Waals surface area contributed by atoms with Crippen LogP contribution in [0.25, 0.3) is 0 Å². The summed E-state index contributed by atoms with van der Waals surface area (Å²) in [6.07, 6.45) is -0.0700. The zero-order chi connectivity index (χ0) is 16.0. The molecule has 1 unspecified atom stereocenters. The number of aliphatic carboxylic acids is 1. The maximum Gasteiger partial charge on any atom is 0.315 e. The van der Waals surface area contributed by atoms with Gasteiger partial charge < -0.3 is 15.7 Å². The number of thiophene rings is 1. The first-order valence-electron chi connectivity index (χ1n) is 7.02. The molecular weight excluding hydrogens is 288 g/mol. The molecule has 1 aromatic rings. The number of carbonyl (C=O) groups excluding carboxylic acids is 1. The molecule has 6 heteroatoms. The van der Waals surface area contributed by atoms with Crippen LogP contribution in [0.1, 0.15) is 39.0 Å². The summed E-state index contributed by atoms with van der Waals surface area (Å²) in [6, 6.07) is 3.35. The van der Waals surface area contributed by atoms with E-state index in [1.165, 1.54) is 4.88 Å². The highest BCUT2D eigenvalue weighted by Crippen LogP contribution is 2.26. The van der Waals surface area contributed by atoms with Gasteiger partial charge in [0.2, 0.25) is 0 Å². The number of hydrogen-bond donors (Lipinski definition) is 3. The van der Waals surface area contributed by atoms with Crippen LogP contribution in [-0.4, -0.2) is 29.7 Å². The third kappa shape index (κ3) is 5.75. The van der Waals surface area contributed by atoms with Gasteiger partial charge in [0.05, 0.1) is 6.42 Å². The minimum atomic E-state index is -0.909. The third-order valence-electron chi connectivity index (χ3n) is 3.39. The van der Waals surface area contributed by atoms with Gasteiger partial charge in [-0.15, -0.1) is 11.3 Å². The topological polar surface area (TPSA) is 78.4 Å². The molecule has 21 heavy (non-hydrogen) atoms. The number of hydrogen-bond acceptors (Lipinski definition) is 3. The van der Waals surface area contributed by atoms with E-state index >= 15 is 0 Å². The molecule has 2 amide bonds. The SMILES string of the molecule is CC(C)C(CC(=O)O)NC(=O)NCC(C)(C)c1cccs1. The smallest absolute Gasteiger partial charge is 0.315 e. The highest BCUT2D eigenvalue weighted by molar-refractivity contribution is 7.10. The van der Waals surface area contributed by atoms with Gasteiger partial charge >= 0.3 is 12.0 Å². The van der Waals surface area contributed by atoms with Crippen LogP contribution in [0.4, 0.5) is 4.79 Å². The third-order valence-corrected chi connectivity index (χ3v) is 4.63. The molecule has 0 saturated carbocycles. The Labute approximate surface area is 129 Å². The van der Waals surface area contributed by atoms with Gasteiger partial charge in [0.1, 0.15) is 0 Å². The molecule has 0 saturated heterocycles. The van der Waals surface area contributed by atoms with Crippen molar-refractivity contribution >= 4 is 23.3 Å². The Kier molecular flexibility index (Phi) is 6.20. The molecule has 0 radical (unpaired) electrons. The molecule has 0 aliphatic carbocycles. The van der Waals surface area contributed by atoms with E-state index in [1.54, 1.807) is 11.3 Å². The molecule has 0 bridgehead atoms. The van der Waals surface area contributed by atoms with Crippen molar-refractivity contribution in [1.82, 2.24) is 10.6 Å². The van der Waals surface area contributed by atoms with Crippen LogP contribution in [0.3, 0.4) is 0 Å². The number of urea groups is 1. The van der Waals surface area contributed by atoms with Crippen molar-refractivity contribution in [2.75, 3.05) is 6.54 Å². The summed E-state index contributed by atoms with van der Waals surface area (Å²) in [7, 11) is 0. The molecule has 1 atom stereocenters. The largest absolute Gasteiger partial charge is 0.481 e. The predicted octanol–water partition coefficient (Wildman–Crippen LogP) is 2.82. The minimum absolute atomic E-state index is 0.0668. The maximum atomic E-state index is 11.9. The van der Waals surface area contributed by atoms with Gasteiger partial charge in [0.15, 0.2) is 0 Å². The lowest BCUT2D eigenvalue weighted by atomic mass is 9.91. The summed E-state index contributed by atoms with van der Waals surface area (Å²) in [6.45, 7) is 8.41. The summed E-state index contributed by atoms with van der Waals surface area (Å²) in [5.41, 5.74) is -0.147. The van der Waals surface area contributed by atoms with Crippen molar-refractivity contribution in [3.63, 3.8) is 0 Å². The van der Waals surface area contributed by atoms with Gasteiger partial charge in [0.25, 0.3) is 0 Å². The number of amides is 2. The van der Waals surface area contributed by atoms with E-state index in [1.807, 2.05) is 31.4 Å². The second kappa shape index (κ2) is 7.45. The molecule has 0 aliphatic rings. The number of nitrogens with one attached hydrogen (secondary N) is 2. The number of carbonyl (C=O) groups is 2. The van der Waals surface area contributed by atoms with Crippen LogP contribution in [0.5, 0.6) is 0 Å². The average Bonchev–Trinajstić information content (AvgIpc) is 2.89. The lowest BCUT2D eigenvalue weighted by Gasteiger charge is -2.26. The first-order chi connectivity index (χ1) is 9.72. The van der Waals surface area contributed by atoms with E-state index in [4.69, 9.17) is 5.11 Å². The van der Waals surface area contributed by atoms with Crippen LogP contribution in [0, 0.1) is 5.92 Å². The molecule has 5 nitrogen and oxygen atoms in total. The molecular formula is C15H24N2O3S. The fraction of sp³-hybridized carbons (Fsp3) is 0.600. The predicted molar refractivity (Wildman–Crippen MR) is 84.8 cm³/mol. The van der Waals surface area contributed by atoms with Crippen LogP contribution in [0.15, 0.2) is 17.5 Å². The van der Waals surface area contributed by atoms with E-state index < -0.39 is 5.97 Å². The Hall–Kier alpha value is -1.56. The van der Waals surface area contributed by atoms with Crippen molar-refractivity contribution in [3.8, 4) is 0 Å². The first kappa shape index (κ1) is 17.5. The van der Waals surface area contributed by atoms with E-state index in [9.17, 15) is 9.59 Å².